The molecule has 1 aromatic heterocycles. The Morgan fingerprint density at radius 3 is 2.88 bits per heavy atom. The number of amides is 1. The number of nitrogens with zero attached hydrogens (tertiary/aromatic N) is 2. The van der Waals surface area contributed by atoms with E-state index in [-0.39, 0.29) is 22.9 Å². The molecule has 0 spiro atoms. The Morgan fingerprint density at radius 2 is 2.00 bits per heavy atom. The van der Waals surface area contributed by atoms with E-state index < -0.39 is 0 Å². The second-order valence-corrected chi connectivity index (χ2v) is 10.5. The highest BCUT2D eigenvalue weighted by atomic mass is 16.2. The highest BCUT2D eigenvalue weighted by molar-refractivity contribution is 5.98. The summed E-state index contributed by atoms with van der Waals surface area (Å²) in [5, 5.41) is 0.624. The third kappa shape index (κ3) is 3.08. The van der Waals surface area contributed by atoms with Crippen molar-refractivity contribution >= 4 is 16.8 Å². The molecule has 3 saturated heterocycles. The lowest BCUT2D eigenvalue weighted by Gasteiger charge is -2.54. The summed E-state index contributed by atoms with van der Waals surface area (Å²) in [5.41, 5.74) is 4.53. The van der Waals surface area contributed by atoms with Crippen LogP contribution in [-0.4, -0.2) is 52.4 Å². The van der Waals surface area contributed by atoms with Crippen molar-refractivity contribution < 1.29 is 4.79 Å². The molecule has 3 aliphatic heterocycles. The Balaban J connectivity index is 1.37. The summed E-state index contributed by atoms with van der Waals surface area (Å²) in [7, 11) is 0. The number of carbonyl (C=O) groups excluding carboxylic acids is 1. The average Bonchev–Trinajstić information content (AvgIpc) is 2.79. The second kappa shape index (κ2) is 7.58. The van der Waals surface area contributed by atoms with E-state index in [0.29, 0.717) is 23.3 Å². The summed E-state index contributed by atoms with van der Waals surface area (Å²) in [6.07, 6.45) is 11.4. The van der Waals surface area contributed by atoms with Gasteiger partial charge >= 0.3 is 0 Å². The van der Waals surface area contributed by atoms with Crippen LogP contribution >= 0.6 is 0 Å². The van der Waals surface area contributed by atoms with Crippen molar-refractivity contribution in [1.82, 2.24) is 14.8 Å². The number of aromatic amines is 1. The maximum absolute atomic E-state index is 13.8. The molecule has 1 aliphatic carbocycles. The van der Waals surface area contributed by atoms with Crippen molar-refractivity contribution in [1.29, 1.82) is 0 Å². The zero-order chi connectivity index (χ0) is 22.0. The lowest BCUT2D eigenvalue weighted by Crippen LogP contribution is -2.60. The first kappa shape index (κ1) is 20.2. The van der Waals surface area contributed by atoms with Gasteiger partial charge in [0.05, 0.1) is 11.6 Å². The third-order valence-corrected chi connectivity index (χ3v) is 8.48. The summed E-state index contributed by atoms with van der Waals surface area (Å²) >= 11 is 0. The van der Waals surface area contributed by atoms with E-state index in [2.05, 4.69) is 22.0 Å². The fourth-order valence-electron chi connectivity index (χ4n) is 7.21. The van der Waals surface area contributed by atoms with E-state index in [9.17, 15) is 9.59 Å². The summed E-state index contributed by atoms with van der Waals surface area (Å²) in [5.74, 6) is 1.04. The van der Waals surface area contributed by atoms with Crippen LogP contribution in [0, 0.1) is 25.7 Å². The quantitative estimate of drug-likeness (QED) is 0.689. The molecule has 5 nitrogen and oxygen atoms in total. The number of benzene rings is 1. The van der Waals surface area contributed by atoms with Crippen molar-refractivity contribution in [3.8, 4) is 0 Å². The molecule has 1 aromatic carbocycles. The van der Waals surface area contributed by atoms with Crippen LogP contribution in [0.5, 0.6) is 0 Å². The fraction of sp³-hybridized carbons (Fsp3) is 0.556. The van der Waals surface area contributed by atoms with Gasteiger partial charge in [-0.1, -0.05) is 24.1 Å². The fourth-order valence-corrected chi connectivity index (χ4v) is 7.21. The molecule has 2 aromatic rings. The smallest absolute Gasteiger partial charge is 0.259 e. The molecule has 32 heavy (non-hydrogen) atoms. The minimum Gasteiger partial charge on any atom is -0.360 e. The molecular formula is C27H33N3O2. The van der Waals surface area contributed by atoms with Gasteiger partial charge in [-0.3, -0.25) is 14.5 Å². The highest BCUT2D eigenvalue weighted by Crippen LogP contribution is 2.45. The molecule has 1 N–H and O–H groups in total. The predicted octanol–water partition coefficient (Wildman–Crippen LogP) is 4.18. The number of hydrogen-bond acceptors (Lipinski definition) is 3. The first-order valence-electron chi connectivity index (χ1n) is 12.4. The van der Waals surface area contributed by atoms with Crippen molar-refractivity contribution in [3.63, 3.8) is 0 Å². The van der Waals surface area contributed by atoms with Crippen LogP contribution in [0.15, 0.2) is 34.8 Å². The van der Waals surface area contributed by atoms with Gasteiger partial charge in [0.15, 0.2) is 0 Å². The van der Waals surface area contributed by atoms with Gasteiger partial charge in [-0.05, 0) is 81.5 Å². The highest BCUT2D eigenvalue weighted by Gasteiger charge is 2.47. The molecule has 1 amide bonds. The first-order valence-corrected chi connectivity index (χ1v) is 12.4. The van der Waals surface area contributed by atoms with Gasteiger partial charge in [0.1, 0.15) is 5.56 Å². The zero-order valence-electron chi connectivity index (χ0n) is 19.2. The molecule has 4 heterocycles. The largest absolute Gasteiger partial charge is 0.360 e. The average molecular weight is 432 g/mol. The maximum atomic E-state index is 13.8. The molecule has 168 valence electrons. The predicted molar refractivity (Wildman–Crippen MR) is 127 cm³/mol. The van der Waals surface area contributed by atoms with E-state index in [0.717, 1.165) is 42.6 Å². The summed E-state index contributed by atoms with van der Waals surface area (Å²) in [6.45, 7) is 7.04. The molecule has 5 heteroatoms. The van der Waals surface area contributed by atoms with E-state index >= 15 is 0 Å². The zero-order valence-corrected chi connectivity index (χ0v) is 19.2. The van der Waals surface area contributed by atoms with Gasteiger partial charge in [0.25, 0.3) is 5.91 Å². The summed E-state index contributed by atoms with van der Waals surface area (Å²) in [4.78, 5) is 35.2. The van der Waals surface area contributed by atoms with Gasteiger partial charge < -0.3 is 9.88 Å². The van der Waals surface area contributed by atoms with E-state index in [1.165, 1.54) is 37.8 Å². The second-order valence-electron chi connectivity index (χ2n) is 10.5. The molecule has 6 rings (SSSR count). The Kier molecular flexibility index (Phi) is 4.79. The monoisotopic (exact) mass is 431 g/mol. The molecule has 2 bridgehead atoms. The summed E-state index contributed by atoms with van der Waals surface area (Å²) in [6, 6.07) is 4.83. The molecule has 0 unspecified atom stereocenters. The maximum Gasteiger partial charge on any atom is 0.259 e. The van der Waals surface area contributed by atoms with E-state index in [1.54, 1.807) is 6.20 Å². The van der Waals surface area contributed by atoms with Gasteiger partial charge in [-0.25, -0.2) is 0 Å². The molecule has 0 saturated carbocycles. The number of H-pyrrole nitrogens is 1. The molecule has 3 fully saturated rings. The number of rotatable bonds is 1. The number of carbonyl (C=O) groups is 1. The van der Waals surface area contributed by atoms with Crippen LogP contribution in [0.1, 0.15) is 60.0 Å². The van der Waals surface area contributed by atoms with Gasteiger partial charge in [0, 0.05) is 30.7 Å². The number of aromatic nitrogens is 1. The topological polar surface area (TPSA) is 56.4 Å². The number of likely N-dealkylation sites (tertiary alicyclic amines) is 1. The van der Waals surface area contributed by atoms with Crippen molar-refractivity contribution in [2.45, 2.75) is 64.5 Å². The van der Waals surface area contributed by atoms with Gasteiger partial charge in [0.2, 0.25) is 5.43 Å². The molecular weight excluding hydrogens is 398 g/mol. The number of piperidine rings is 3. The Morgan fingerprint density at radius 1 is 1.12 bits per heavy atom. The van der Waals surface area contributed by atoms with Crippen molar-refractivity contribution in [2.75, 3.05) is 19.6 Å². The van der Waals surface area contributed by atoms with Crippen LogP contribution < -0.4 is 5.43 Å². The number of fused-ring (bicyclic) bond motifs is 7. The number of hydrogen-bond donors (Lipinski definition) is 1. The normalized spacial score (nSPS) is 29.9. The number of pyridine rings is 1. The third-order valence-electron chi connectivity index (χ3n) is 8.48. The Hall–Kier alpha value is -2.40. The number of aryl methyl sites for hydroxylation is 2. The van der Waals surface area contributed by atoms with Crippen molar-refractivity contribution in [2.24, 2.45) is 11.8 Å². The van der Waals surface area contributed by atoms with Crippen LogP contribution in [0.2, 0.25) is 0 Å². The van der Waals surface area contributed by atoms with Crippen LogP contribution in [0.3, 0.4) is 0 Å². The molecule has 4 atom stereocenters. The van der Waals surface area contributed by atoms with Crippen LogP contribution in [0.4, 0.5) is 0 Å². The number of nitrogens with one attached hydrogen (secondary N) is 1. The lowest BCUT2D eigenvalue weighted by atomic mass is 9.68. The minimum atomic E-state index is -0.139. The first-order chi connectivity index (χ1) is 15.5. The Labute approximate surface area is 189 Å². The lowest BCUT2D eigenvalue weighted by molar-refractivity contribution is 0.00143. The van der Waals surface area contributed by atoms with Crippen molar-refractivity contribution in [3.05, 3.63) is 56.9 Å². The van der Waals surface area contributed by atoms with Crippen LogP contribution in [-0.2, 0) is 0 Å². The van der Waals surface area contributed by atoms with Gasteiger partial charge in [-0.2, -0.15) is 0 Å². The molecule has 4 aliphatic rings. The Bertz CT molecular complexity index is 1180. The van der Waals surface area contributed by atoms with E-state index in [4.69, 9.17) is 0 Å². The SMILES string of the molecule is Cc1cc(C)c2[nH]cc(C(=O)N3CCCC4=C[C@H]5C[C@@H](CN6CCCC[C@H]56)[C@H]43)c(=O)c2c1. The van der Waals surface area contributed by atoms with E-state index in [1.807, 2.05) is 24.8 Å². The minimum absolute atomic E-state index is 0.0953. The molecule has 0 radical (unpaired) electrons. The van der Waals surface area contributed by atoms with Crippen LogP contribution in [0.25, 0.3) is 10.9 Å². The summed E-state index contributed by atoms with van der Waals surface area (Å²) < 4.78 is 0. The standard InChI is InChI=1S/C27H33N3O2/c1-16-10-17(2)24-21(11-16)26(31)22(14-28-24)27(32)30-9-5-6-18-12-19-13-20(25(18)30)15-29-8-4-3-7-23(19)29/h10-12,14,19-20,23,25H,3-9,13,15H2,1-2H3,(H,28,31)/t19-,20-,23+,25-/m0/s1. The van der Waals surface area contributed by atoms with Gasteiger partial charge in [-0.15, -0.1) is 0 Å².